The first kappa shape index (κ1) is 13.2. The van der Waals surface area contributed by atoms with Crippen molar-refractivity contribution in [1.29, 1.82) is 0 Å². The fourth-order valence-corrected chi connectivity index (χ4v) is 1.14. The average molecular weight is 237 g/mol. The lowest BCUT2D eigenvalue weighted by molar-refractivity contribution is -0.131. The average Bonchev–Trinajstić information content (AvgIpc) is 2.29. The van der Waals surface area contributed by atoms with Crippen LogP contribution in [0.5, 0.6) is 5.75 Å². The fraction of sp³-hybridized carbons (Fsp3) is 0.333. The summed E-state index contributed by atoms with van der Waals surface area (Å²) in [4.78, 5) is 14.6. The molecule has 17 heavy (non-hydrogen) atoms. The molecule has 1 aromatic heterocycles. The van der Waals surface area contributed by atoms with E-state index in [2.05, 4.69) is 4.98 Å². The molecule has 0 aromatic carbocycles. The van der Waals surface area contributed by atoms with E-state index in [1.54, 1.807) is 12.1 Å². The highest BCUT2D eigenvalue weighted by atomic mass is 16.7. The first-order valence-electron chi connectivity index (χ1n) is 5.22. The molecule has 0 bridgehead atoms. The second-order valence-electron chi connectivity index (χ2n) is 3.26. The van der Waals surface area contributed by atoms with E-state index in [1.807, 2.05) is 13.8 Å². The third-order valence-corrected chi connectivity index (χ3v) is 1.91. The summed E-state index contributed by atoms with van der Waals surface area (Å²) in [5.41, 5.74) is 1.27. The van der Waals surface area contributed by atoms with Crippen LogP contribution in [0.1, 0.15) is 18.3 Å². The minimum atomic E-state index is -1.02. The van der Waals surface area contributed by atoms with Crippen LogP contribution < -0.4 is 4.74 Å². The molecule has 0 unspecified atom stereocenters. The van der Waals surface area contributed by atoms with E-state index in [4.69, 9.17) is 14.6 Å². The molecule has 5 heteroatoms. The first-order chi connectivity index (χ1) is 8.13. The zero-order chi connectivity index (χ0) is 12.7. The van der Waals surface area contributed by atoms with E-state index in [0.29, 0.717) is 18.1 Å². The predicted molar refractivity (Wildman–Crippen MR) is 62.8 cm³/mol. The van der Waals surface area contributed by atoms with Crippen molar-refractivity contribution < 1.29 is 19.4 Å². The highest BCUT2D eigenvalue weighted by Crippen LogP contribution is 2.18. The van der Waals surface area contributed by atoms with Crippen molar-refractivity contribution in [3.8, 4) is 5.75 Å². The normalized spacial score (nSPS) is 10.7. The standard InChI is InChI=1S/C12H15NO4/c1-3-16-8-17-11-6-4-9(2)13-10(11)5-7-12(14)15/h4-7H,3,8H2,1-2H3,(H,14,15). The molecule has 0 amide bonds. The fourth-order valence-electron chi connectivity index (χ4n) is 1.14. The molecular formula is C12H15NO4. The molecule has 1 aromatic rings. The van der Waals surface area contributed by atoms with Crippen LogP contribution in [0.15, 0.2) is 18.2 Å². The number of rotatable bonds is 6. The van der Waals surface area contributed by atoms with Crippen LogP contribution in [-0.2, 0) is 9.53 Å². The Hall–Kier alpha value is -1.88. The highest BCUT2D eigenvalue weighted by molar-refractivity contribution is 5.85. The van der Waals surface area contributed by atoms with Gasteiger partial charge in [0.15, 0.2) is 6.79 Å². The van der Waals surface area contributed by atoms with Crippen molar-refractivity contribution in [2.75, 3.05) is 13.4 Å². The maximum atomic E-state index is 10.4. The quantitative estimate of drug-likeness (QED) is 0.464. The van der Waals surface area contributed by atoms with E-state index in [1.165, 1.54) is 6.08 Å². The van der Waals surface area contributed by atoms with Gasteiger partial charge in [-0.1, -0.05) is 0 Å². The molecule has 5 nitrogen and oxygen atoms in total. The number of pyridine rings is 1. The third-order valence-electron chi connectivity index (χ3n) is 1.91. The number of nitrogens with zero attached hydrogens (tertiary/aromatic N) is 1. The first-order valence-corrected chi connectivity index (χ1v) is 5.22. The zero-order valence-corrected chi connectivity index (χ0v) is 9.84. The van der Waals surface area contributed by atoms with Crippen molar-refractivity contribution >= 4 is 12.0 Å². The molecule has 0 saturated carbocycles. The van der Waals surface area contributed by atoms with E-state index in [0.717, 1.165) is 11.8 Å². The molecule has 0 aliphatic heterocycles. The number of aliphatic carboxylic acids is 1. The maximum Gasteiger partial charge on any atom is 0.328 e. The topological polar surface area (TPSA) is 68.7 Å². The van der Waals surface area contributed by atoms with Gasteiger partial charge in [0.25, 0.3) is 0 Å². The molecular weight excluding hydrogens is 222 g/mol. The smallest absolute Gasteiger partial charge is 0.328 e. The Labute approximate surface area is 99.7 Å². The second-order valence-corrected chi connectivity index (χ2v) is 3.26. The maximum absolute atomic E-state index is 10.4. The zero-order valence-electron chi connectivity index (χ0n) is 9.84. The molecule has 0 atom stereocenters. The lowest BCUT2D eigenvalue weighted by atomic mass is 10.2. The number of hydrogen-bond acceptors (Lipinski definition) is 4. The molecule has 92 valence electrons. The van der Waals surface area contributed by atoms with E-state index in [-0.39, 0.29) is 6.79 Å². The number of carboxylic acids is 1. The van der Waals surface area contributed by atoms with Gasteiger partial charge in [-0.05, 0) is 32.1 Å². The van der Waals surface area contributed by atoms with Gasteiger partial charge in [0.2, 0.25) is 0 Å². The molecule has 0 aliphatic carbocycles. The lowest BCUT2D eigenvalue weighted by Crippen LogP contribution is -2.04. The van der Waals surface area contributed by atoms with Gasteiger partial charge >= 0.3 is 5.97 Å². The van der Waals surface area contributed by atoms with E-state index >= 15 is 0 Å². The van der Waals surface area contributed by atoms with Gasteiger partial charge < -0.3 is 14.6 Å². The van der Waals surface area contributed by atoms with Crippen LogP contribution in [0.25, 0.3) is 6.08 Å². The summed E-state index contributed by atoms with van der Waals surface area (Å²) in [7, 11) is 0. The molecule has 0 spiro atoms. The van der Waals surface area contributed by atoms with E-state index < -0.39 is 5.97 Å². The number of aromatic nitrogens is 1. The highest BCUT2D eigenvalue weighted by Gasteiger charge is 2.03. The summed E-state index contributed by atoms with van der Waals surface area (Å²) in [6, 6.07) is 3.53. The minimum absolute atomic E-state index is 0.120. The Kier molecular flexibility index (Phi) is 5.16. The van der Waals surface area contributed by atoms with Gasteiger partial charge in [0, 0.05) is 18.4 Å². The lowest BCUT2D eigenvalue weighted by Gasteiger charge is -2.08. The summed E-state index contributed by atoms with van der Waals surface area (Å²) in [6.45, 7) is 4.36. The van der Waals surface area contributed by atoms with Crippen LogP contribution in [0, 0.1) is 6.92 Å². The number of carbonyl (C=O) groups is 1. The van der Waals surface area contributed by atoms with Gasteiger partial charge in [-0.3, -0.25) is 0 Å². The van der Waals surface area contributed by atoms with Crippen LogP contribution in [-0.4, -0.2) is 29.5 Å². The van der Waals surface area contributed by atoms with Crippen molar-refractivity contribution in [2.24, 2.45) is 0 Å². The van der Waals surface area contributed by atoms with Crippen LogP contribution in [0.2, 0.25) is 0 Å². The Morgan fingerprint density at radius 1 is 1.53 bits per heavy atom. The number of carboxylic acid groups (broad SMARTS) is 1. The van der Waals surface area contributed by atoms with Crippen LogP contribution in [0.4, 0.5) is 0 Å². The summed E-state index contributed by atoms with van der Waals surface area (Å²) in [5, 5.41) is 8.57. The Morgan fingerprint density at radius 2 is 2.29 bits per heavy atom. The van der Waals surface area contributed by atoms with Gasteiger partial charge in [-0.2, -0.15) is 0 Å². The molecule has 1 heterocycles. The van der Waals surface area contributed by atoms with Crippen molar-refractivity contribution in [3.63, 3.8) is 0 Å². The van der Waals surface area contributed by atoms with Crippen LogP contribution >= 0.6 is 0 Å². The number of ether oxygens (including phenoxy) is 2. The van der Waals surface area contributed by atoms with Gasteiger partial charge in [-0.25, -0.2) is 9.78 Å². The Bertz CT molecular complexity index is 415. The summed E-state index contributed by atoms with van der Waals surface area (Å²) in [5.74, 6) is -0.523. The van der Waals surface area contributed by atoms with Crippen molar-refractivity contribution in [1.82, 2.24) is 4.98 Å². The van der Waals surface area contributed by atoms with Gasteiger partial charge in [0.05, 0.1) is 0 Å². The van der Waals surface area contributed by atoms with E-state index in [9.17, 15) is 4.79 Å². The Morgan fingerprint density at radius 3 is 2.94 bits per heavy atom. The summed E-state index contributed by atoms with van der Waals surface area (Å²) in [6.07, 6.45) is 2.42. The van der Waals surface area contributed by atoms with Crippen molar-refractivity contribution in [3.05, 3.63) is 29.6 Å². The molecule has 0 radical (unpaired) electrons. The predicted octanol–water partition coefficient (Wildman–Crippen LogP) is 1.86. The minimum Gasteiger partial charge on any atom is -0.478 e. The molecule has 0 fully saturated rings. The number of hydrogen-bond donors (Lipinski definition) is 1. The molecule has 0 saturated heterocycles. The molecule has 1 rings (SSSR count). The third kappa shape index (κ3) is 4.65. The van der Waals surface area contributed by atoms with Crippen LogP contribution in [0.3, 0.4) is 0 Å². The Balaban J connectivity index is 2.83. The van der Waals surface area contributed by atoms with Gasteiger partial charge in [0.1, 0.15) is 11.4 Å². The summed E-state index contributed by atoms with van der Waals surface area (Å²) < 4.78 is 10.4. The van der Waals surface area contributed by atoms with Crippen molar-refractivity contribution in [2.45, 2.75) is 13.8 Å². The second kappa shape index (κ2) is 6.65. The largest absolute Gasteiger partial charge is 0.478 e. The summed E-state index contributed by atoms with van der Waals surface area (Å²) >= 11 is 0. The van der Waals surface area contributed by atoms with Gasteiger partial charge in [-0.15, -0.1) is 0 Å². The monoisotopic (exact) mass is 237 g/mol. The number of aryl methyl sites for hydroxylation is 1. The SMILES string of the molecule is CCOCOc1ccc(C)nc1C=CC(=O)O. The molecule has 0 aliphatic rings. The molecule has 1 N–H and O–H groups in total.